The summed E-state index contributed by atoms with van der Waals surface area (Å²) in [4.78, 5) is 11.9. The van der Waals surface area contributed by atoms with E-state index >= 15 is 0 Å². The Morgan fingerprint density at radius 3 is 2.85 bits per heavy atom. The number of carbonyl (C=O) groups excluding carboxylic acids is 1. The minimum Gasteiger partial charge on any atom is -0.493 e. The van der Waals surface area contributed by atoms with Gasteiger partial charge in [-0.25, -0.2) is 0 Å². The van der Waals surface area contributed by atoms with Gasteiger partial charge in [-0.05, 0) is 37.3 Å². The Labute approximate surface area is 119 Å². The highest BCUT2D eigenvalue weighted by Crippen LogP contribution is 2.30. The maximum atomic E-state index is 11.9. The molecule has 1 aliphatic carbocycles. The fourth-order valence-corrected chi connectivity index (χ4v) is 2.24. The van der Waals surface area contributed by atoms with E-state index in [4.69, 9.17) is 4.74 Å². The number of ether oxygens (including phenoxy) is 1. The van der Waals surface area contributed by atoms with E-state index in [0.29, 0.717) is 6.54 Å². The van der Waals surface area contributed by atoms with E-state index in [2.05, 4.69) is 35.8 Å². The van der Waals surface area contributed by atoms with Gasteiger partial charge in [0.05, 0.1) is 12.5 Å². The van der Waals surface area contributed by atoms with Gasteiger partial charge < -0.3 is 15.4 Å². The third kappa shape index (κ3) is 3.31. The van der Waals surface area contributed by atoms with E-state index < -0.39 is 0 Å². The Morgan fingerprint density at radius 2 is 2.20 bits per heavy atom. The first kappa shape index (κ1) is 13.4. The molecule has 0 unspecified atom stereocenters. The zero-order valence-electron chi connectivity index (χ0n) is 11.9. The van der Waals surface area contributed by atoms with Crippen LogP contribution in [0.1, 0.15) is 24.0 Å². The van der Waals surface area contributed by atoms with Crippen LogP contribution >= 0.6 is 0 Å². The number of nitrogens with one attached hydrogen (secondary N) is 2. The molecule has 0 aromatic heterocycles. The lowest BCUT2D eigenvalue weighted by Crippen LogP contribution is -2.50. The third-order valence-corrected chi connectivity index (χ3v) is 4.00. The molecule has 20 heavy (non-hydrogen) atoms. The summed E-state index contributed by atoms with van der Waals surface area (Å²) in [5, 5.41) is 6.12. The van der Waals surface area contributed by atoms with Crippen molar-refractivity contribution in [3.63, 3.8) is 0 Å². The number of carbonyl (C=O) groups is 1. The normalized spacial score (nSPS) is 18.4. The molecule has 2 aliphatic rings. The first-order valence-electron chi connectivity index (χ1n) is 7.43. The van der Waals surface area contributed by atoms with Gasteiger partial charge in [-0.2, -0.15) is 0 Å². The molecule has 4 heteroatoms. The zero-order valence-corrected chi connectivity index (χ0v) is 11.9. The lowest BCUT2D eigenvalue weighted by molar-refractivity contribution is -0.126. The van der Waals surface area contributed by atoms with Crippen molar-refractivity contribution in [2.24, 2.45) is 11.8 Å². The lowest BCUT2D eigenvalue weighted by atomic mass is 10.0. The van der Waals surface area contributed by atoms with Crippen molar-refractivity contribution >= 4 is 5.91 Å². The summed E-state index contributed by atoms with van der Waals surface area (Å²) in [5.74, 6) is 1.93. The van der Waals surface area contributed by atoms with E-state index in [1.807, 2.05) is 0 Å². The second-order valence-corrected chi connectivity index (χ2v) is 5.94. The van der Waals surface area contributed by atoms with Crippen LogP contribution in [0.2, 0.25) is 0 Å². The molecule has 108 valence electrons. The van der Waals surface area contributed by atoms with Crippen LogP contribution in [0.4, 0.5) is 0 Å². The molecule has 0 bridgehead atoms. The van der Waals surface area contributed by atoms with Gasteiger partial charge in [-0.1, -0.05) is 12.1 Å². The summed E-state index contributed by atoms with van der Waals surface area (Å²) < 4.78 is 5.91. The maximum Gasteiger partial charge on any atom is 0.225 e. The molecular weight excluding hydrogens is 252 g/mol. The standard InChI is InChI=1S/C16H22N2O2/c1-11-2-5-13(9-18-16(19)14-7-17-8-14)15(6-11)20-10-12-3-4-12/h2,5-6,12,14,17H,3-4,7-10H2,1H3,(H,18,19). The van der Waals surface area contributed by atoms with Crippen LogP contribution in [0.5, 0.6) is 5.75 Å². The summed E-state index contributed by atoms with van der Waals surface area (Å²) >= 11 is 0. The average Bonchev–Trinajstić information content (AvgIpc) is 3.17. The van der Waals surface area contributed by atoms with Crippen molar-refractivity contribution < 1.29 is 9.53 Å². The Morgan fingerprint density at radius 1 is 1.40 bits per heavy atom. The van der Waals surface area contributed by atoms with E-state index in [9.17, 15) is 4.79 Å². The molecule has 3 rings (SSSR count). The quantitative estimate of drug-likeness (QED) is 0.829. The maximum absolute atomic E-state index is 11.9. The highest BCUT2D eigenvalue weighted by atomic mass is 16.5. The lowest BCUT2D eigenvalue weighted by Gasteiger charge is -2.26. The van der Waals surface area contributed by atoms with Crippen molar-refractivity contribution in [3.8, 4) is 5.75 Å². The molecular formula is C16H22N2O2. The molecule has 2 N–H and O–H groups in total. The molecule has 1 saturated heterocycles. The number of aryl methyl sites for hydroxylation is 1. The Kier molecular flexibility index (Phi) is 3.92. The SMILES string of the molecule is Cc1ccc(CNC(=O)C2CNC2)c(OCC2CC2)c1. The van der Waals surface area contributed by atoms with Crippen LogP contribution in [-0.4, -0.2) is 25.6 Å². The van der Waals surface area contributed by atoms with Crippen LogP contribution < -0.4 is 15.4 Å². The van der Waals surface area contributed by atoms with Gasteiger partial charge in [0.2, 0.25) is 5.91 Å². The van der Waals surface area contributed by atoms with Crippen LogP contribution in [0.25, 0.3) is 0 Å². The summed E-state index contributed by atoms with van der Waals surface area (Å²) in [6, 6.07) is 6.18. The van der Waals surface area contributed by atoms with Crippen molar-refractivity contribution in [3.05, 3.63) is 29.3 Å². The second-order valence-electron chi connectivity index (χ2n) is 5.94. The smallest absolute Gasteiger partial charge is 0.225 e. The summed E-state index contributed by atoms with van der Waals surface area (Å²) in [6.45, 7) is 5.01. The number of rotatable bonds is 6. The molecule has 1 aliphatic heterocycles. The van der Waals surface area contributed by atoms with Gasteiger partial charge in [-0.15, -0.1) is 0 Å². The van der Waals surface area contributed by atoms with Crippen LogP contribution in [0, 0.1) is 18.8 Å². The Bertz CT molecular complexity index is 493. The molecule has 0 spiro atoms. The monoisotopic (exact) mass is 274 g/mol. The van der Waals surface area contributed by atoms with E-state index in [-0.39, 0.29) is 11.8 Å². The molecule has 4 nitrogen and oxygen atoms in total. The van der Waals surface area contributed by atoms with Gasteiger partial charge in [-0.3, -0.25) is 4.79 Å². The number of amides is 1. The van der Waals surface area contributed by atoms with E-state index in [1.165, 1.54) is 18.4 Å². The molecule has 0 radical (unpaired) electrons. The molecule has 1 saturated carbocycles. The van der Waals surface area contributed by atoms with Crippen LogP contribution in [0.15, 0.2) is 18.2 Å². The first-order valence-corrected chi connectivity index (χ1v) is 7.43. The van der Waals surface area contributed by atoms with Crippen LogP contribution in [0.3, 0.4) is 0 Å². The van der Waals surface area contributed by atoms with Gasteiger partial charge in [0.1, 0.15) is 5.75 Å². The van der Waals surface area contributed by atoms with Crippen molar-refractivity contribution in [1.29, 1.82) is 0 Å². The summed E-state index contributed by atoms with van der Waals surface area (Å²) in [5.41, 5.74) is 2.26. The Hall–Kier alpha value is -1.55. The summed E-state index contributed by atoms with van der Waals surface area (Å²) in [7, 11) is 0. The molecule has 1 heterocycles. The highest BCUT2D eigenvalue weighted by molar-refractivity contribution is 5.80. The molecule has 1 amide bonds. The van der Waals surface area contributed by atoms with Gasteiger partial charge in [0, 0.05) is 25.2 Å². The largest absolute Gasteiger partial charge is 0.493 e. The first-order chi connectivity index (χ1) is 9.72. The van der Waals surface area contributed by atoms with E-state index in [1.54, 1.807) is 0 Å². The molecule has 2 fully saturated rings. The number of hydrogen-bond acceptors (Lipinski definition) is 3. The molecule has 1 aromatic rings. The number of benzene rings is 1. The topological polar surface area (TPSA) is 50.4 Å². The van der Waals surface area contributed by atoms with Gasteiger partial charge >= 0.3 is 0 Å². The number of hydrogen-bond donors (Lipinski definition) is 2. The van der Waals surface area contributed by atoms with Crippen LogP contribution in [-0.2, 0) is 11.3 Å². The highest BCUT2D eigenvalue weighted by Gasteiger charge is 2.25. The molecule has 1 aromatic carbocycles. The predicted molar refractivity (Wildman–Crippen MR) is 77.6 cm³/mol. The second kappa shape index (κ2) is 5.83. The minimum atomic E-state index is 0.135. The van der Waals surface area contributed by atoms with Gasteiger partial charge in [0.15, 0.2) is 0 Å². The fourth-order valence-electron chi connectivity index (χ4n) is 2.24. The zero-order chi connectivity index (χ0) is 13.9. The average molecular weight is 274 g/mol. The predicted octanol–water partition coefficient (Wildman–Crippen LogP) is 1.62. The van der Waals surface area contributed by atoms with Crippen molar-refractivity contribution in [2.75, 3.05) is 19.7 Å². The summed E-state index contributed by atoms with van der Waals surface area (Å²) in [6.07, 6.45) is 2.57. The fraction of sp³-hybridized carbons (Fsp3) is 0.562. The van der Waals surface area contributed by atoms with Gasteiger partial charge in [0.25, 0.3) is 0 Å². The third-order valence-electron chi connectivity index (χ3n) is 4.00. The van der Waals surface area contributed by atoms with E-state index in [0.717, 1.165) is 36.9 Å². The minimum absolute atomic E-state index is 0.135. The Balaban J connectivity index is 1.59. The molecule has 0 atom stereocenters. The van der Waals surface area contributed by atoms with Crippen molar-refractivity contribution in [1.82, 2.24) is 10.6 Å². The van der Waals surface area contributed by atoms with Crippen molar-refractivity contribution in [2.45, 2.75) is 26.3 Å².